The Hall–Kier alpha value is -1.66. The van der Waals surface area contributed by atoms with Crippen molar-refractivity contribution >= 4 is 11.9 Å². The lowest BCUT2D eigenvalue weighted by molar-refractivity contribution is -0.143. The Morgan fingerprint density at radius 1 is 0.384 bits per heavy atom. The highest BCUT2D eigenvalue weighted by Crippen LogP contribution is 2.19. The second-order valence-electron chi connectivity index (χ2n) is 22.8. The summed E-state index contributed by atoms with van der Waals surface area (Å²) in [6, 6.07) is -0.535. The summed E-state index contributed by atoms with van der Waals surface area (Å²) in [5, 5.41) is 23.1. The Labute approximate surface area is 456 Å². The van der Waals surface area contributed by atoms with E-state index in [1.807, 2.05) is 0 Å². The predicted octanol–water partition coefficient (Wildman–Crippen LogP) is 21.0. The zero-order valence-electron chi connectivity index (χ0n) is 49.4. The minimum absolute atomic E-state index is 0.00721. The Balaban J connectivity index is 3.28. The standard InChI is InChI=1S/C67H129NO5/c1-3-5-7-9-11-13-14-15-38-41-45-49-53-57-61-67(72)73-62-58-54-50-46-42-39-36-34-32-30-28-26-24-22-20-18-16-17-19-21-23-25-27-29-31-33-35-37-40-44-48-52-56-60-66(71)68-64(63-69)65(70)59-55-51-47-43-12-10-8-6-4-2/h9,11,14-15,64-65,69-70H,3-8,10,12-13,16-63H2,1-2H3,(H,68,71)/b11-9-,15-14-. The molecule has 6 nitrogen and oxygen atoms in total. The third-order valence-electron chi connectivity index (χ3n) is 15.5. The van der Waals surface area contributed by atoms with E-state index in [0.717, 1.165) is 51.4 Å². The van der Waals surface area contributed by atoms with Crippen LogP contribution in [0.15, 0.2) is 24.3 Å². The molecule has 0 heterocycles. The lowest BCUT2D eigenvalue weighted by Crippen LogP contribution is -2.45. The number of unbranched alkanes of at least 4 members (excludes halogenated alkanes) is 47. The highest BCUT2D eigenvalue weighted by Gasteiger charge is 2.20. The molecule has 432 valence electrons. The molecule has 0 saturated carbocycles. The summed E-state index contributed by atoms with van der Waals surface area (Å²) in [6.45, 7) is 4.91. The van der Waals surface area contributed by atoms with Gasteiger partial charge >= 0.3 is 5.97 Å². The molecule has 2 atom stereocenters. The largest absolute Gasteiger partial charge is 0.466 e. The predicted molar refractivity (Wildman–Crippen MR) is 320 cm³/mol. The van der Waals surface area contributed by atoms with E-state index >= 15 is 0 Å². The highest BCUT2D eigenvalue weighted by atomic mass is 16.5. The third-order valence-corrected chi connectivity index (χ3v) is 15.5. The first-order valence-corrected chi connectivity index (χ1v) is 33.1. The van der Waals surface area contributed by atoms with Crippen LogP contribution in [0.2, 0.25) is 0 Å². The number of allylic oxidation sites excluding steroid dienone is 4. The Morgan fingerprint density at radius 3 is 1.08 bits per heavy atom. The number of amides is 1. The summed E-state index contributed by atoms with van der Waals surface area (Å²) >= 11 is 0. The molecule has 0 aliphatic carbocycles. The maximum Gasteiger partial charge on any atom is 0.305 e. The molecule has 0 spiro atoms. The van der Waals surface area contributed by atoms with E-state index in [1.165, 1.54) is 283 Å². The summed E-state index contributed by atoms with van der Waals surface area (Å²) in [5.74, 6) is -0.0240. The van der Waals surface area contributed by atoms with Crippen LogP contribution in [0.5, 0.6) is 0 Å². The van der Waals surface area contributed by atoms with Crippen molar-refractivity contribution in [2.75, 3.05) is 13.2 Å². The van der Waals surface area contributed by atoms with Crippen molar-refractivity contribution in [3.05, 3.63) is 24.3 Å². The molecule has 0 aromatic carbocycles. The van der Waals surface area contributed by atoms with E-state index in [1.54, 1.807) is 0 Å². The molecule has 2 unspecified atom stereocenters. The van der Waals surface area contributed by atoms with Crippen LogP contribution in [-0.2, 0) is 14.3 Å². The molecule has 6 heteroatoms. The molecule has 0 fully saturated rings. The molecule has 1 amide bonds. The van der Waals surface area contributed by atoms with Crippen LogP contribution in [0, 0.1) is 0 Å². The summed E-state index contributed by atoms with van der Waals surface area (Å²) in [7, 11) is 0. The first-order valence-electron chi connectivity index (χ1n) is 33.1. The van der Waals surface area contributed by atoms with Crippen LogP contribution in [0.3, 0.4) is 0 Å². The van der Waals surface area contributed by atoms with E-state index in [4.69, 9.17) is 4.74 Å². The number of nitrogens with one attached hydrogen (secondary N) is 1. The van der Waals surface area contributed by atoms with Crippen molar-refractivity contribution < 1.29 is 24.5 Å². The van der Waals surface area contributed by atoms with Crippen LogP contribution in [0.25, 0.3) is 0 Å². The second kappa shape index (κ2) is 62.9. The van der Waals surface area contributed by atoms with Crippen molar-refractivity contribution in [2.24, 2.45) is 0 Å². The van der Waals surface area contributed by atoms with Gasteiger partial charge in [0.1, 0.15) is 0 Å². The maximum absolute atomic E-state index is 12.4. The van der Waals surface area contributed by atoms with Gasteiger partial charge in [0.25, 0.3) is 0 Å². The summed E-state index contributed by atoms with van der Waals surface area (Å²) in [6.07, 6.45) is 78.1. The minimum Gasteiger partial charge on any atom is -0.466 e. The van der Waals surface area contributed by atoms with Gasteiger partial charge in [0, 0.05) is 12.8 Å². The van der Waals surface area contributed by atoms with Gasteiger partial charge in [-0.3, -0.25) is 9.59 Å². The maximum atomic E-state index is 12.4. The SMILES string of the molecule is CCCC/C=C\C/C=C\CCCCCCCC(=O)OCCCCCCCCCCCCCCCCCCCCCCCCCCCCCCCCCCCC(=O)NC(CO)C(O)CCCCCCCCCCC. The number of carbonyl (C=O) groups excluding carboxylic acids is 2. The average Bonchev–Trinajstić information content (AvgIpc) is 3.39. The third kappa shape index (κ3) is 59.4. The molecular weight excluding hydrogens is 899 g/mol. The fourth-order valence-electron chi connectivity index (χ4n) is 10.4. The second-order valence-corrected chi connectivity index (χ2v) is 22.8. The number of hydrogen-bond donors (Lipinski definition) is 3. The van der Waals surface area contributed by atoms with Crippen molar-refractivity contribution in [3.8, 4) is 0 Å². The number of rotatable bonds is 62. The number of ether oxygens (including phenoxy) is 1. The van der Waals surface area contributed by atoms with Crippen molar-refractivity contribution in [1.29, 1.82) is 0 Å². The zero-order chi connectivity index (χ0) is 52.9. The fourth-order valence-corrected chi connectivity index (χ4v) is 10.4. The first kappa shape index (κ1) is 71.3. The van der Waals surface area contributed by atoms with Gasteiger partial charge in [-0.1, -0.05) is 327 Å². The van der Waals surface area contributed by atoms with Crippen LogP contribution in [0.4, 0.5) is 0 Å². The summed E-state index contributed by atoms with van der Waals surface area (Å²) < 4.78 is 5.48. The highest BCUT2D eigenvalue weighted by molar-refractivity contribution is 5.76. The average molecular weight is 1030 g/mol. The Bertz CT molecular complexity index is 1140. The van der Waals surface area contributed by atoms with Crippen LogP contribution < -0.4 is 5.32 Å². The van der Waals surface area contributed by atoms with Crippen molar-refractivity contribution in [3.63, 3.8) is 0 Å². The first-order chi connectivity index (χ1) is 36.0. The van der Waals surface area contributed by atoms with E-state index in [-0.39, 0.29) is 18.5 Å². The van der Waals surface area contributed by atoms with Gasteiger partial charge in [0.05, 0.1) is 25.4 Å². The Kier molecular flexibility index (Phi) is 61.4. The lowest BCUT2D eigenvalue weighted by atomic mass is 10.0. The molecule has 0 rings (SSSR count). The van der Waals surface area contributed by atoms with Crippen molar-refractivity contribution in [1.82, 2.24) is 5.32 Å². The minimum atomic E-state index is -0.658. The topological polar surface area (TPSA) is 95.9 Å². The van der Waals surface area contributed by atoms with Gasteiger partial charge < -0.3 is 20.3 Å². The van der Waals surface area contributed by atoms with Gasteiger partial charge in [-0.25, -0.2) is 0 Å². The van der Waals surface area contributed by atoms with E-state index < -0.39 is 12.1 Å². The molecule has 3 N–H and O–H groups in total. The smallest absolute Gasteiger partial charge is 0.305 e. The monoisotopic (exact) mass is 1030 g/mol. The molecule has 0 saturated heterocycles. The molecular formula is C67H129NO5. The lowest BCUT2D eigenvalue weighted by Gasteiger charge is -2.22. The fraction of sp³-hybridized carbons (Fsp3) is 0.910. The van der Waals surface area contributed by atoms with Crippen LogP contribution in [0.1, 0.15) is 367 Å². The molecule has 0 radical (unpaired) electrons. The summed E-state index contributed by atoms with van der Waals surface area (Å²) in [4.78, 5) is 24.5. The Morgan fingerprint density at radius 2 is 0.699 bits per heavy atom. The number of carbonyl (C=O) groups is 2. The molecule has 0 aliphatic rings. The van der Waals surface area contributed by atoms with Gasteiger partial charge in [-0.15, -0.1) is 0 Å². The molecule has 73 heavy (non-hydrogen) atoms. The van der Waals surface area contributed by atoms with Gasteiger partial charge in [-0.05, 0) is 51.4 Å². The van der Waals surface area contributed by atoms with Gasteiger partial charge in [0.2, 0.25) is 5.91 Å². The van der Waals surface area contributed by atoms with Crippen molar-refractivity contribution in [2.45, 2.75) is 379 Å². The number of hydrogen-bond acceptors (Lipinski definition) is 5. The van der Waals surface area contributed by atoms with Gasteiger partial charge in [0.15, 0.2) is 0 Å². The molecule has 0 aliphatic heterocycles. The van der Waals surface area contributed by atoms with E-state index in [2.05, 4.69) is 43.5 Å². The molecule has 0 aromatic rings. The summed E-state index contributed by atoms with van der Waals surface area (Å²) in [5.41, 5.74) is 0. The zero-order valence-corrected chi connectivity index (χ0v) is 49.4. The molecule has 0 aromatic heterocycles. The quantitative estimate of drug-likeness (QED) is 0.0320. The van der Waals surface area contributed by atoms with Crippen LogP contribution >= 0.6 is 0 Å². The molecule has 0 bridgehead atoms. The number of aliphatic hydroxyl groups is 2. The van der Waals surface area contributed by atoms with Crippen LogP contribution in [-0.4, -0.2) is 47.4 Å². The normalized spacial score (nSPS) is 12.7. The number of aliphatic hydroxyl groups excluding tert-OH is 2. The van der Waals surface area contributed by atoms with E-state index in [9.17, 15) is 19.8 Å². The van der Waals surface area contributed by atoms with Gasteiger partial charge in [-0.2, -0.15) is 0 Å². The number of esters is 1. The van der Waals surface area contributed by atoms with E-state index in [0.29, 0.717) is 25.9 Å².